The number of rotatable bonds is 5. The molecular weight excluding hydrogens is 258 g/mol. The Bertz CT molecular complexity index is 465. The molecule has 2 unspecified atom stereocenters. The van der Waals surface area contributed by atoms with E-state index in [-0.39, 0.29) is 18.1 Å². The van der Waals surface area contributed by atoms with Crippen molar-refractivity contribution >= 4 is 11.8 Å². The molecule has 2 atom stereocenters. The van der Waals surface area contributed by atoms with Crippen LogP contribution in [0.2, 0.25) is 0 Å². The summed E-state index contributed by atoms with van der Waals surface area (Å²) in [6, 6.07) is 1.90. The summed E-state index contributed by atoms with van der Waals surface area (Å²) in [5, 5.41) is 12.4. The van der Waals surface area contributed by atoms with Crippen molar-refractivity contribution in [3.05, 3.63) is 12.4 Å². The average molecular weight is 279 g/mol. The van der Waals surface area contributed by atoms with Crippen molar-refractivity contribution in [2.24, 2.45) is 5.92 Å². The van der Waals surface area contributed by atoms with Crippen LogP contribution < -0.4 is 10.1 Å². The van der Waals surface area contributed by atoms with Crippen LogP contribution in [0.5, 0.6) is 5.88 Å². The number of carbonyl (C=O) groups is 1. The number of nitrogens with zero attached hydrogens (tertiary/aromatic N) is 2. The Morgan fingerprint density at radius 2 is 2.25 bits per heavy atom. The van der Waals surface area contributed by atoms with Crippen LogP contribution in [0, 0.1) is 5.92 Å². The summed E-state index contributed by atoms with van der Waals surface area (Å²) in [6.45, 7) is 3.88. The molecule has 0 radical (unpaired) electrons. The molecular formula is C14H21N3O3. The first kappa shape index (κ1) is 14.6. The number of anilines is 1. The molecule has 1 saturated carbocycles. The summed E-state index contributed by atoms with van der Waals surface area (Å²) in [5.41, 5.74) is 0. The van der Waals surface area contributed by atoms with Crippen molar-refractivity contribution in [1.82, 2.24) is 9.97 Å². The number of nitrogens with one attached hydrogen (secondary N) is 1. The molecule has 0 aliphatic heterocycles. The number of aromatic nitrogens is 2. The van der Waals surface area contributed by atoms with Gasteiger partial charge in [-0.25, -0.2) is 9.97 Å². The number of carboxylic acids is 1. The minimum Gasteiger partial charge on any atom is -0.481 e. The number of hydrogen-bond donors (Lipinski definition) is 2. The molecule has 0 amide bonds. The Morgan fingerprint density at radius 3 is 2.95 bits per heavy atom. The van der Waals surface area contributed by atoms with Crippen molar-refractivity contribution in [3.63, 3.8) is 0 Å². The normalized spacial score (nSPS) is 22.6. The second-order valence-electron chi connectivity index (χ2n) is 5.45. The monoisotopic (exact) mass is 279 g/mol. The third-order valence-electron chi connectivity index (χ3n) is 3.37. The Morgan fingerprint density at radius 1 is 1.45 bits per heavy atom. The second-order valence-corrected chi connectivity index (χ2v) is 5.45. The van der Waals surface area contributed by atoms with E-state index >= 15 is 0 Å². The van der Waals surface area contributed by atoms with E-state index < -0.39 is 5.97 Å². The molecule has 2 rings (SSSR count). The lowest BCUT2D eigenvalue weighted by Crippen LogP contribution is -2.31. The lowest BCUT2D eigenvalue weighted by Gasteiger charge is -2.27. The van der Waals surface area contributed by atoms with Gasteiger partial charge in [-0.1, -0.05) is 6.42 Å². The third-order valence-corrected chi connectivity index (χ3v) is 3.37. The van der Waals surface area contributed by atoms with Gasteiger partial charge in [0.15, 0.2) is 0 Å². The summed E-state index contributed by atoms with van der Waals surface area (Å²) >= 11 is 0. The Hall–Kier alpha value is -1.85. The van der Waals surface area contributed by atoms with Crippen molar-refractivity contribution in [1.29, 1.82) is 0 Å². The fourth-order valence-corrected chi connectivity index (χ4v) is 2.48. The van der Waals surface area contributed by atoms with E-state index in [1.54, 1.807) is 6.07 Å². The highest BCUT2D eigenvalue weighted by Crippen LogP contribution is 2.27. The highest BCUT2D eigenvalue weighted by atomic mass is 16.5. The van der Waals surface area contributed by atoms with Crippen molar-refractivity contribution in [2.75, 3.05) is 5.32 Å². The first-order valence-electron chi connectivity index (χ1n) is 7.02. The number of ether oxygens (including phenoxy) is 1. The Kier molecular flexibility index (Phi) is 4.76. The van der Waals surface area contributed by atoms with Crippen LogP contribution in [0.1, 0.15) is 39.5 Å². The van der Waals surface area contributed by atoms with Crippen LogP contribution in [-0.4, -0.2) is 33.2 Å². The third kappa shape index (κ3) is 4.08. The molecule has 1 aliphatic carbocycles. The predicted octanol–water partition coefficient (Wildman–Crippen LogP) is 2.32. The van der Waals surface area contributed by atoms with Gasteiger partial charge in [-0.15, -0.1) is 0 Å². The maximum Gasteiger partial charge on any atom is 0.306 e. The van der Waals surface area contributed by atoms with E-state index in [1.807, 2.05) is 13.8 Å². The zero-order valence-corrected chi connectivity index (χ0v) is 11.9. The fourth-order valence-electron chi connectivity index (χ4n) is 2.48. The molecule has 0 spiro atoms. The summed E-state index contributed by atoms with van der Waals surface area (Å²) in [6.07, 6.45) is 4.81. The van der Waals surface area contributed by atoms with Gasteiger partial charge in [0, 0.05) is 12.1 Å². The van der Waals surface area contributed by atoms with E-state index in [0.717, 1.165) is 19.3 Å². The highest BCUT2D eigenvalue weighted by molar-refractivity contribution is 5.70. The Balaban J connectivity index is 1.97. The second kappa shape index (κ2) is 6.54. The first-order chi connectivity index (χ1) is 9.54. The minimum atomic E-state index is -0.706. The van der Waals surface area contributed by atoms with Gasteiger partial charge in [0.25, 0.3) is 0 Å². The predicted molar refractivity (Wildman–Crippen MR) is 74.8 cm³/mol. The van der Waals surface area contributed by atoms with Gasteiger partial charge in [-0.05, 0) is 33.1 Å². The summed E-state index contributed by atoms with van der Waals surface area (Å²) in [5.74, 6) is 0.257. The van der Waals surface area contributed by atoms with E-state index in [2.05, 4.69) is 15.3 Å². The van der Waals surface area contributed by atoms with E-state index in [1.165, 1.54) is 6.33 Å². The van der Waals surface area contributed by atoms with Gasteiger partial charge < -0.3 is 15.2 Å². The molecule has 6 heteroatoms. The maximum atomic E-state index is 11.1. The van der Waals surface area contributed by atoms with Crippen molar-refractivity contribution in [3.8, 4) is 5.88 Å². The van der Waals surface area contributed by atoms with Gasteiger partial charge in [-0.3, -0.25) is 4.79 Å². The molecule has 0 saturated heterocycles. The van der Waals surface area contributed by atoms with Gasteiger partial charge in [0.1, 0.15) is 12.1 Å². The molecule has 20 heavy (non-hydrogen) atoms. The summed E-state index contributed by atoms with van der Waals surface area (Å²) in [7, 11) is 0. The van der Waals surface area contributed by atoms with Gasteiger partial charge >= 0.3 is 5.97 Å². The smallest absolute Gasteiger partial charge is 0.306 e. The number of hydrogen-bond acceptors (Lipinski definition) is 5. The molecule has 1 aromatic rings. The average Bonchev–Trinajstić information content (AvgIpc) is 2.38. The lowest BCUT2D eigenvalue weighted by molar-refractivity contribution is -0.142. The molecule has 110 valence electrons. The van der Waals surface area contributed by atoms with Crippen molar-refractivity contribution in [2.45, 2.75) is 51.7 Å². The molecule has 1 aliphatic rings. The van der Waals surface area contributed by atoms with Crippen LogP contribution in [-0.2, 0) is 4.79 Å². The lowest BCUT2D eigenvalue weighted by atomic mass is 9.86. The molecule has 6 nitrogen and oxygen atoms in total. The zero-order chi connectivity index (χ0) is 14.5. The molecule has 1 heterocycles. The van der Waals surface area contributed by atoms with Gasteiger partial charge in [-0.2, -0.15) is 0 Å². The van der Waals surface area contributed by atoms with Crippen LogP contribution in [0.3, 0.4) is 0 Å². The van der Waals surface area contributed by atoms with Crippen LogP contribution >= 0.6 is 0 Å². The highest BCUT2D eigenvalue weighted by Gasteiger charge is 2.27. The molecule has 1 fully saturated rings. The van der Waals surface area contributed by atoms with Crippen LogP contribution in [0.15, 0.2) is 12.4 Å². The molecule has 0 bridgehead atoms. The minimum absolute atomic E-state index is 0.0591. The number of carboxylic acid groups (broad SMARTS) is 1. The molecule has 1 aromatic heterocycles. The standard InChI is InChI=1S/C14H21N3O3/c1-9(2)20-13-7-12(15-8-16-13)17-11-5-3-4-10(6-11)14(18)19/h7-11H,3-6H2,1-2H3,(H,18,19)(H,15,16,17). The Labute approximate surface area is 118 Å². The van der Waals surface area contributed by atoms with E-state index in [0.29, 0.717) is 18.1 Å². The van der Waals surface area contributed by atoms with Crippen molar-refractivity contribution < 1.29 is 14.6 Å². The number of aliphatic carboxylic acids is 1. The molecule has 2 N–H and O–H groups in total. The van der Waals surface area contributed by atoms with Gasteiger partial charge in [0.05, 0.1) is 12.0 Å². The first-order valence-corrected chi connectivity index (χ1v) is 7.02. The van der Waals surface area contributed by atoms with Gasteiger partial charge in [0.2, 0.25) is 5.88 Å². The van der Waals surface area contributed by atoms with E-state index in [9.17, 15) is 4.79 Å². The zero-order valence-electron chi connectivity index (χ0n) is 11.9. The molecule has 0 aromatic carbocycles. The largest absolute Gasteiger partial charge is 0.481 e. The maximum absolute atomic E-state index is 11.1. The SMILES string of the molecule is CC(C)Oc1cc(NC2CCCC(C(=O)O)C2)ncn1. The van der Waals surface area contributed by atoms with Crippen LogP contribution in [0.4, 0.5) is 5.82 Å². The topological polar surface area (TPSA) is 84.3 Å². The quantitative estimate of drug-likeness (QED) is 0.860. The van der Waals surface area contributed by atoms with Crippen LogP contribution in [0.25, 0.3) is 0 Å². The summed E-state index contributed by atoms with van der Waals surface area (Å²) in [4.78, 5) is 19.3. The summed E-state index contributed by atoms with van der Waals surface area (Å²) < 4.78 is 5.52. The fraction of sp³-hybridized carbons (Fsp3) is 0.643. The van der Waals surface area contributed by atoms with E-state index in [4.69, 9.17) is 9.84 Å².